The highest BCUT2D eigenvalue weighted by Crippen LogP contribution is 2.29. The number of amides is 5. The van der Waals surface area contributed by atoms with Crippen molar-refractivity contribution in [2.24, 2.45) is 0 Å². The van der Waals surface area contributed by atoms with E-state index < -0.39 is 60.1 Å². The van der Waals surface area contributed by atoms with E-state index in [0.29, 0.717) is 19.6 Å². The van der Waals surface area contributed by atoms with Gasteiger partial charge in [0.2, 0.25) is 17.7 Å². The second-order valence-electron chi connectivity index (χ2n) is 27.1. The molecule has 0 bridgehead atoms. The van der Waals surface area contributed by atoms with Gasteiger partial charge in [0, 0.05) is 80.4 Å². The normalized spacial score (nSPS) is 11.6. The van der Waals surface area contributed by atoms with Gasteiger partial charge in [-0.25, -0.2) is 0 Å². The summed E-state index contributed by atoms with van der Waals surface area (Å²) in [5.74, 6) is -5.34. The van der Waals surface area contributed by atoms with Gasteiger partial charge in [-0.3, -0.25) is 38.4 Å². The molecule has 1 aromatic rings. The Bertz CT molecular complexity index is 1900. The first-order valence-electron chi connectivity index (χ1n) is 37.8. The number of benzene rings is 1. The van der Waals surface area contributed by atoms with E-state index >= 15 is 0 Å². The average Bonchev–Trinajstić information content (AvgIpc) is 0.917. The highest BCUT2D eigenvalue weighted by atomic mass is 16.4. The molecule has 0 radical (unpaired) electrons. The van der Waals surface area contributed by atoms with Gasteiger partial charge >= 0.3 is 17.9 Å². The van der Waals surface area contributed by atoms with Crippen LogP contribution in [0.3, 0.4) is 0 Å². The molecule has 0 saturated heterocycles. The topological polar surface area (TPSA) is 257 Å². The van der Waals surface area contributed by atoms with Gasteiger partial charge in [0.1, 0.15) is 0 Å². The minimum Gasteiger partial charge on any atom is -0.481 e. The van der Waals surface area contributed by atoms with Crippen LogP contribution in [0.2, 0.25) is 0 Å². The summed E-state index contributed by atoms with van der Waals surface area (Å²) in [5.41, 5.74) is -2.40. The van der Waals surface area contributed by atoms with Crippen LogP contribution < -0.4 is 26.6 Å². The zero-order valence-electron chi connectivity index (χ0n) is 58.7. The van der Waals surface area contributed by atoms with Crippen molar-refractivity contribution in [2.75, 3.05) is 19.6 Å². The number of hydrogen-bond donors (Lipinski definition) is 8. The van der Waals surface area contributed by atoms with E-state index in [1.165, 1.54) is 236 Å². The molecular weight excluding hydrogens is 1160 g/mol. The van der Waals surface area contributed by atoms with Gasteiger partial charge in [0.25, 0.3) is 11.8 Å². The molecule has 0 saturated carbocycles. The first-order chi connectivity index (χ1) is 44.6. The Hall–Kier alpha value is -5.02. The van der Waals surface area contributed by atoms with Crippen molar-refractivity contribution in [2.45, 2.75) is 379 Å². The molecule has 5 amide bonds. The van der Waals surface area contributed by atoms with E-state index in [1.54, 1.807) is 0 Å². The highest BCUT2D eigenvalue weighted by molar-refractivity contribution is 5.98. The van der Waals surface area contributed by atoms with Crippen LogP contribution in [-0.2, 0) is 28.8 Å². The number of hydrogen-bond acceptors (Lipinski definition) is 8. The smallest absolute Gasteiger partial charge is 0.303 e. The molecular formula is C76H135N5O11. The first-order valence-corrected chi connectivity index (χ1v) is 37.8. The minimum atomic E-state index is -1.46. The predicted octanol–water partition coefficient (Wildman–Crippen LogP) is 18.4. The molecule has 0 heterocycles. The molecule has 8 N–H and O–H groups in total. The molecule has 0 aliphatic carbocycles. The van der Waals surface area contributed by atoms with Crippen molar-refractivity contribution >= 4 is 47.4 Å². The lowest BCUT2D eigenvalue weighted by molar-refractivity contribution is -0.137. The van der Waals surface area contributed by atoms with Crippen LogP contribution >= 0.6 is 0 Å². The number of rotatable bonds is 67. The van der Waals surface area contributed by atoms with E-state index in [1.807, 2.05) is 0 Å². The van der Waals surface area contributed by atoms with Crippen LogP contribution in [0.15, 0.2) is 24.3 Å². The molecule has 530 valence electrons. The molecule has 0 aliphatic rings. The lowest BCUT2D eigenvalue weighted by Gasteiger charge is -2.35. The zero-order valence-corrected chi connectivity index (χ0v) is 58.7. The molecule has 0 atom stereocenters. The van der Waals surface area contributed by atoms with Gasteiger partial charge < -0.3 is 41.9 Å². The summed E-state index contributed by atoms with van der Waals surface area (Å²) in [7, 11) is 0. The fourth-order valence-electron chi connectivity index (χ4n) is 12.5. The quantitative estimate of drug-likeness (QED) is 0.0285. The van der Waals surface area contributed by atoms with Crippen molar-refractivity contribution in [1.29, 1.82) is 0 Å². The van der Waals surface area contributed by atoms with Crippen molar-refractivity contribution < 1.29 is 53.7 Å². The molecule has 0 aliphatic heterocycles. The average molecular weight is 1290 g/mol. The van der Waals surface area contributed by atoms with Crippen molar-refractivity contribution in [3.63, 3.8) is 0 Å². The molecule has 0 fully saturated rings. The molecule has 92 heavy (non-hydrogen) atoms. The van der Waals surface area contributed by atoms with Crippen molar-refractivity contribution in [3.05, 3.63) is 35.4 Å². The summed E-state index contributed by atoms with van der Waals surface area (Å²) < 4.78 is 0. The molecule has 16 heteroatoms. The summed E-state index contributed by atoms with van der Waals surface area (Å²) >= 11 is 0. The Morgan fingerprint density at radius 2 is 0.446 bits per heavy atom. The molecule has 0 unspecified atom stereocenters. The summed E-state index contributed by atoms with van der Waals surface area (Å²) in [4.78, 5) is 105. The molecule has 16 nitrogen and oxygen atoms in total. The summed E-state index contributed by atoms with van der Waals surface area (Å²) in [5, 5.41) is 43.8. The number of unbranched alkanes of at least 4 members (excludes halogenated alkanes) is 39. The Balaban J connectivity index is 3.24. The van der Waals surface area contributed by atoms with Crippen LogP contribution in [-0.4, -0.2) is 93.5 Å². The molecule has 1 aromatic carbocycles. The van der Waals surface area contributed by atoms with E-state index in [4.69, 9.17) is 0 Å². The monoisotopic (exact) mass is 1290 g/mol. The van der Waals surface area contributed by atoms with Gasteiger partial charge in [-0.15, -0.1) is 0 Å². The van der Waals surface area contributed by atoms with Crippen LogP contribution in [0.1, 0.15) is 388 Å². The van der Waals surface area contributed by atoms with Gasteiger partial charge in [-0.1, -0.05) is 271 Å². The third-order valence-corrected chi connectivity index (χ3v) is 18.7. The fourth-order valence-corrected chi connectivity index (χ4v) is 12.5. The summed E-state index contributed by atoms with van der Waals surface area (Å²) in [6, 6.07) is 5.70. The number of nitrogens with one attached hydrogen (secondary N) is 5. The Morgan fingerprint density at radius 1 is 0.272 bits per heavy atom. The third-order valence-electron chi connectivity index (χ3n) is 18.7. The number of carbonyl (C=O) groups is 8. The molecule has 1 rings (SSSR count). The maximum absolute atomic E-state index is 14.6. The third kappa shape index (κ3) is 49.5. The maximum Gasteiger partial charge on any atom is 0.303 e. The van der Waals surface area contributed by atoms with E-state index in [2.05, 4.69) is 47.4 Å². The highest BCUT2D eigenvalue weighted by Gasteiger charge is 2.36. The molecule has 0 aromatic heterocycles. The van der Waals surface area contributed by atoms with Gasteiger partial charge in [-0.2, -0.15) is 0 Å². The van der Waals surface area contributed by atoms with Gasteiger partial charge in [0.05, 0.1) is 0 Å². The Morgan fingerprint density at radius 3 is 0.630 bits per heavy atom. The van der Waals surface area contributed by atoms with Crippen LogP contribution in [0.4, 0.5) is 0 Å². The summed E-state index contributed by atoms with van der Waals surface area (Å²) in [6.07, 6.45) is 50.5. The second kappa shape index (κ2) is 58.5. The number of carbonyl (C=O) groups excluding carboxylic acids is 5. The summed E-state index contributed by atoms with van der Waals surface area (Å²) in [6.45, 7) is 8.33. The van der Waals surface area contributed by atoms with E-state index in [-0.39, 0.29) is 86.6 Å². The minimum absolute atomic E-state index is 0.0483. The van der Waals surface area contributed by atoms with Gasteiger partial charge in [-0.05, 0) is 82.1 Å². The second-order valence-corrected chi connectivity index (χ2v) is 27.1. The fraction of sp³-hybridized carbons (Fsp3) is 0.816. The Kier molecular flexibility index (Phi) is 54.1. The van der Waals surface area contributed by atoms with Crippen molar-refractivity contribution in [1.82, 2.24) is 26.6 Å². The Labute approximate surface area is 558 Å². The number of carboxylic acids is 3. The first kappa shape index (κ1) is 85.0. The SMILES string of the molecule is CCCCCCCCCCCCCCCCNC(=O)CCC(CCC(=O)NCCCCCCCCCCCCCCCC)(CCC(=O)NCCCCCCCCCCCCCCCC)NC(=O)c1ccc(C(=O)NC(CCC(=O)O)(CCC(=O)O)CCC(=O)O)cc1. The lowest BCUT2D eigenvalue weighted by Crippen LogP contribution is -2.50. The van der Waals surface area contributed by atoms with Crippen LogP contribution in [0, 0.1) is 0 Å². The van der Waals surface area contributed by atoms with E-state index in [0.717, 1.165) is 57.8 Å². The standard InChI is InChI=1S/C76H135N5O11/c1-4-7-10-13-16-19-22-25-28-31-34-37-40-43-62-77-67(82)50-56-75(57-51-68(83)78-63-44-41-38-35-32-29-26-23-20-17-14-11-8-5-2,58-52-69(84)79-64-45-42-39-36-33-30-27-24-21-18-15-12-9-6-3)80-73(91)65-46-48-66(49-47-65)74(92)81-76(59-53-70(85)86,60-54-71(87)88)61-55-72(89)90/h46-49H,4-45,50-64H2,1-3H3,(H,77,82)(H,78,83)(H,79,84)(H,80,91)(H,81,92)(H,85,86)(H,87,88)(H,89,90). The van der Waals surface area contributed by atoms with Gasteiger partial charge in [0.15, 0.2) is 0 Å². The lowest BCUT2D eigenvalue weighted by atomic mass is 9.82. The zero-order chi connectivity index (χ0) is 67.4. The van der Waals surface area contributed by atoms with Crippen LogP contribution in [0.5, 0.6) is 0 Å². The predicted molar refractivity (Wildman–Crippen MR) is 375 cm³/mol. The maximum atomic E-state index is 14.6. The number of aliphatic carboxylic acids is 3. The number of carboxylic acid groups (broad SMARTS) is 3. The van der Waals surface area contributed by atoms with Crippen molar-refractivity contribution in [3.8, 4) is 0 Å². The van der Waals surface area contributed by atoms with E-state index in [9.17, 15) is 53.7 Å². The van der Waals surface area contributed by atoms with Crippen LogP contribution in [0.25, 0.3) is 0 Å². The largest absolute Gasteiger partial charge is 0.481 e. The molecule has 0 spiro atoms.